The minimum absolute atomic E-state index is 0.000566. The highest BCUT2D eigenvalue weighted by Gasteiger charge is 2.31. The van der Waals surface area contributed by atoms with Gasteiger partial charge in [-0.15, -0.1) is 0 Å². The second-order valence-corrected chi connectivity index (χ2v) is 6.95. The van der Waals surface area contributed by atoms with E-state index in [-0.39, 0.29) is 17.5 Å². The van der Waals surface area contributed by atoms with Gasteiger partial charge in [0.25, 0.3) is 5.91 Å². The molecule has 0 radical (unpaired) electrons. The number of carbonyl (C=O) groups excluding carboxylic acids is 1. The van der Waals surface area contributed by atoms with Gasteiger partial charge in [0.15, 0.2) is 0 Å². The van der Waals surface area contributed by atoms with Gasteiger partial charge in [-0.05, 0) is 42.9 Å². The minimum Gasteiger partial charge on any atom is -0.478 e. The van der Waals surface area contributed by atoms with Crippen molar-refractivity contribution in [2.45, 2.75) is 6.04 Å². The Morgan fingerprint density at radius 2 is 1.85 bits per heavy atom. The molecular formula is C21H21N3O3. The summed E-state index contributed by atoms with van der Waals surface area (Å²) in [5.74, 6) is -0.949. The van der Waals surface area contributed by atoms with E-state index in [0.29, 0.717) is 18.7 Å². The van der Waals surface area contributed by atoms with Crippen molar-refractivity contribution in [1.29, 1.82) is 0 Å². The zero-order valence-electron chi connectivity index (χ0n) is 15.1. The third-order valence-corrected chi connectivity index (χ3v) is 5.21. The summed E-state index contributed by atoms with van der Waals surface area (Å²) < 4.78 is 0. The lowest BCUT2D eigenvalue weighted by atomic mass is 9.99. The Morgan fingerprint density at radius 1 is 1.07 bits per heavy atom. The monoisotopic (exact) mass is 363 g/mol. The lowest BCUT2D eigenvalue weighted by molar-refractivity contribution is 0.0499. The van der Waals surface area contributed by atoms with Crippen LogP contribution in [0.25, 0.3) is 10.9 Å². The molecule has 27 heavy (non-hydrogen) atoms. The maximum Gasteiger partial charge on any atom is 0.335 e. The molecule has 6 heteroatoms. The average molecular weight is 363 g/mol. The highest BCUT2D eigenvalue weighted by Crippen LogP contribution is 2.29. The molecule has 138 valence electrons. The quantitative estimate of drug-likeness (QED) is 0.750. The largest absolute Gasteiger partial charge is 0.478 e. The third kappa shape index (κ3) is 3.19. The summed E-state index contributed by atoms with van der Waals surface area (Å²) in [6, 6.07) is 14.3. The smallest absolute Gasteiger partial charge is 0.335 e. The molecule has 1 saturated heterocycles. The van der Waals surface area contributed by atoms with Crippen molar-refractivity contribution < 1.29 is 14.7 Å². The number of carboxylic acids is 1. The number of hydrogen-bond donors (Lipinski definition) is 2. The van der Waals surface area contributed by atoms with Crippen LogP contribution in [-0.4, -0.2) is 58.4 Å². The van der Waals surface area contributed by atoms with E-state index in [1.165, 1.54) is 0 Å². The van der Waals surface area contributed by atoms with Crippen LogP contribution in [0.4, 0.5) is 0 Å². The topological polar surface area (TPSA) is 76.6 Å². The zero-order chi connectivity index (χ0) is 19.0. The number of amides is 1. The van der Waals surface area contributed by atoms with E-state index in [9.17, 15) is 9.59 Å². The maximum absolute atomic E-state index is 13.4. The molecule has 3 aromatic rings. The third-order valence-electron chi connectivity index (χ3n) is 5.21. The lowest BCUT2D eigenvalue weighted by Crippen LogP contribution is -2.49. The minimum atomic E-state index is -0.950. The number of aromatic nitrogens is 1. The van der Waals surface area contributed by atoms with Crippen molar-refractivity contribution in [2.75, 3.05) is 26.7 Å². The molecule has 1 aromatic heterocycles. The molecule has 1 atom stereocenters. The number of rotatable bonds is 3. The van der Waals surface area contributed by atoms with Gasteiger partial charge >= 0.3 is 5.97 Å². The van der Waals surface area contributed by atoms with Crippen molar-refractivity contribution in [3.8, 4) is 0 Å². The van der Waals surface area contributed by atoms with Crippen LogP contribution in [0.5, 0.6) is 0 Å². The molecule has 1 aliphatic rings. The molecule has 0 bridgehead atoms. The van der Waals surface area contributed by atoms with Gasteiger partial charge in [0.1, 0.15) is 0 Å². The number of carboxylic acid groups (broad SMARTS) is 1. The van der Waals surface area contributed by atoms with Crippen LogP contribution in [0, 0.1) is 0 Å². The van der Waals surface area contributed by atoms with E-state index < -0.39 is 5.97 Å². The van der Waals surface area contributed by atoms with Gasteiger partial charge in [-0.2, -0.15) is 0 Å². The summed E-state index contributed by atoms with van der Waals surface area (Å²) in [4.78, 5) is 31.7. The number of aromatic carboxylic acids is 1. The fraction of sp³-hybridized carbons (Fsp3) is 0.238. The molecule has 2 heterocycles. The molecule has 0 saturated carbocycles. The summed E-state index contributed by atoms with van der Waals surface area (Å²) in [5, 5.41) is 10.0. The van der Waals surface area contributed by atoms with Gasteiger partial charge in [-0.1, -0.05) is 18.2 Å². The van der Waals surface area contributed by atoms with E-state index in [2.05, 4.69) is 9.88 Å². The number of H-pyrrole nitrogens is 1. The summed E-state index contributed by atoms with van der Waals surface area (Å²) >= 11 is 0. The van der Waals surface area contributed by atoms with Crippen molar-refractivity contribution >= 4 is 22.8 Å². The Morgan fingerprint density at radius 3 is 2.59 bits per heavy atom. The summed E-state index contributed by atoms with van der Waals surface area (Å²) in [7, 11) is 2.04. The van der Waals surface area contributed by atoms with Crippen LogP contribution in [0.15, 0.2) is 54.7 Å². The molecule has 0 spiro atoms. The molecule has 2 aromatic carbocycles. The molecule has 1 amide bonds. The Labute approximate surface area is 157 Å². The van der Waals surface area contributed by atoms with E-state index in [4.69, 9.17) is 5.11 Å². The molecule has 1 fully saturated rings. The fourth-order valence-corrected chi connectivity index (χ4v) is 3.72. The number of benzene rings is 2. The van der Waals surface area contributed by atoms with Crippen molar-refractivity contribution in [2.24, 2.45) is 0 Å². The first-order valence-corrected chi connectivity index (χ1v) is 8.93. The van der Waals surface area contributed by atoms with Crippen LogP contribution < -0.4 is 0 Å². The lowest BCUT2D eigenvalue weighted by Gasteiger charge is -2.40. The molecule has 1 unspecified atom stereocenters. The van der Waals surface area contributed by atoms with E-state index in [1.807, 2.05) is 54.5 Å². The number of nitrogens with zero attached hydrogens (tertiary/aromatic N) is 2. The van der Waals surface area contributed by atoms with Crippen LogP contribution in [0.2, 0.25) is 0 Å². The Kier molecular flexibility index (Phi) is 4.41. The highest BCUT2D eigenvalue weighted by atomic mass is 16.4. The summed E-state index contributed by atoms with van der Waals surface area (Å²) in [6.45, 7) is 2.14. The normalized spacial score (nSPS) is 18.0. The van der Waals surface area contributed by atoms with E-state index in [1.54, 1.807) is 12.1 Å². The van der Waals surface area contributed by atoms with Crippen molar-refractivity contribution in [3.05, 3.63) is 71.4 Å². The van der Waals surface area contributed by atoms with Gasteiger partial charge in [-0.25, -0.2) is 4.79 Å². The van der Waals surface area contributed by atoms with Crippen LogP contribution in [0.1, 0.15) is 32.3 Å². The predicted octanol–water partition coefficient (Wildman–Crippen LogP) is 3.00. The molecule has 2 N–H and O–H groups in total. The molecular weight excluding hydrogens is 342 g/mol. The second-order valence-electron chi connectivity index (χ2n) is 6.95. The second kappa shape index (κ2) is 6.89. The number of hydrogen-bond acceptors (Lipinski definition) is 3. The summed E-state index contributed by atoms with van der Waals surface area (Å²) in [5.41, 5.74) is 2.82. The molecule has 4 rings (SSSR count). The molecule has 6 nitrogen and oxygen atoms in total. The average Bonchev–Trinajstić information content (AvgIpc) is 3.16. The number of likely N-dealkylation sites (N-methyl/N-ethyl adjacent to an activating group) is 1. The first-order chi connectivity index (χ1) is 13.0. The zero-order valence-corrected chi connectivity index (χ0v) is 15.1. The van der Waals surface area contributed by atoms with Gasteiger partial charge in [0.2, 0.25) is 0 Å². The molecule has 1 aliphatic heterocycles. The van der Waals surface area contributed by atoms with Crippen LogP contribution >= 0.6 is 0 Å². The fourth-order valence-electron chi connectivity index (χ4n) is 3.72. The van der Waals surface area contributed by atoms with Crippen molar-refractivity contribution in [3.63, 3.8) is 0 Å². The van der Waals surface area contributed by atoms with Gasteiger partial charge in [-0.3, -0.25) is 4.79 Å². The van der Waals surface area contributed by atoms with E-state index >= 15 is 0 Å². The summed E-state index contributed by atoms with van der Waals surface area (Å²) in [6.07, 6.45) is 1.84. The predicted molar refractivity (Wildman–Crippen MR) is 103 cm³/mol. The first kappa shape index (κ1) is 17.3. The molecule has 0 aliphatic carbocycles. The van der Waals surface area contributed by atoms with E-state index in [0.717, 1.165) is 23.0 Å². The van der Waals surface area contributed by atoms with Crippen LogP contribution in [-0.2, 0) is 0 Å². The van der Waals surface area contributed by atoms with Crippen molar-refractivity contribution in [1.82, 2.24) is 14.8 Å². The Bertz CT molecular complexity index is 993. The Hall–Kier alpha value is -3.12. The van der Waals surface area contributed by atoms with Gasteiger partial charge in [0.05, 0.1) is 11.6 Å². The standard InChI is InChI=1S/C21H21N3O3/c1-23-11-12-24(19(13-23)14-5-7-15(8-6-14)21(26)27)20(25)17-3-2-4-18-16(17)9-10-22-18/h2-10,19,22H,11-13H2,1H3,(H,26,27). The van der Waals surface area contributed by atoms with Crippen LogP contribution in [0.3, 0.4) is 0 Å². The number of piperazine rings is 1. The highest BCUT2D eigenvalue weighted by molar-refractivity contribution is 6.06. The number of fused-ring (bicyclic) bond motifs is 1. The first-order valence-electron chi connectivity index (χ1n) is 8.93. The maximum atomic E-state index is 13.4. The number of carbonyl (C=O) groups is 2. The SMILES string of the molecule is CN1CCN(C(=O)c2cccc3[nH]ccc23)C(c2ccc(C(=O)O)cc2)C1. The van der Waals surface area contributed by atoms with Gasteiger partial charge in [0, 0.05) is 42.3 Å². The number of nitrogens with one attached hydrogen (secondary N) is 1. The van der Waals surface area contributed by atoms with Gasteiger partial charge < -0.3 is 19.9 Å². The Balaban J connectivity index is 1.69. The number of aromatic amines is 1.